The lowest BCUT2D eigenvalue weighted by Gasteiger charge is -2.02. The number of hydrogen-bond donors (Lipinski definition) is 4. The van der Waals surface area contributed by atoms with E-state index in [1.165, 1.54) is 24.3 Å². The highest BCUT2D eigenvalue weighted by molar-refractivity contribution is 6.43. The third kappa shape index (κ3) is 4.50. The van der Waals surface area contributed by atoms with Crippen molar-refractivity contribution < 1.29 is 9.90 Å². The highest BCUT2D eigenvalue weighted by Crippen LogP contribution is 2.27. The molecule has 1 heterocycles. The van der Waals surface area contributed by atoms with Crippen LogP contribution in [-0.2, 0) is 0 Å². The number of H-pyrrole nitrogens is 2. The average molecular weight is 437 g/mol. The van der Waals surface area contributed by atoms with E-state index in [0.29, 0.717) is 15.9 Å². The topological polar surface area (TPSA) is 129 Å². The summed E-state index contributed by atoms with van der Waals surface area (Å²) < 4.78 is 0. The number of benzene rings is 2. The highest BCUT2D eigenvalue weighted by atomic mass is 35.5. The molecular formula is C15H9Cl4N3O4. The van der Waals surface area contributed by atoms with Gasteiger partial charge >= 0.3 is 11.7 Å². The minimum Gasteiger partial charge on any atom is -0.478 e. The zero-order valence-electron chi connectivity index (χ0n) is 12.6. The Hall–Kier alpha value is -2.19. The Bertz CT molecular complexity index is 1120. The van der Waals surface area contributed by atoms with Crippen LogP contribution in [0.5, 0.6) is 0 Å². The van der Waals surface area contributed by atoms with Crippen LogP contribution in [0.1, 0.15) is 10.4 Å². The van der Waals surface area contributed by atoms with E-state index in [9.17, 15) is 14.4 Å². The van der Waals surface area contributed by atoms with Crippen LogP contribution in [0.2, 0.25) is 20.1 Å². The zero-order chi connectivity index (χ0) is 19.6. The number of carboxylic acid groups (broad SMARTS) is 1. The van der Waals surface area contributed by atoms with E-state index in [0.717, 1.165) is 0 Å². The van der Waals surface area contributed by atoms with E-state index in [-0.39, 0.29) is 26.3 Å². The summed E-state index contributed by atoms with van der Waals surface area (Å²) in [4.78, 5) is 37.2. The summed E-state index contributed by atoms with van der Waals surface area (Å²) in [6.45, 7) is 0. The van der Waals surface area contributed by atoms with Crippen molar-refractivity contribution in [1.29, 1.82) is 0 Å². The fourth-order valence-corrected chi connectivity index (χ4v) is 2.57. The fraction of sp³-hybridized carbons (Fsp3) is 0. The molecule has 0 amide bonds. The van der Waals surface area contributed by atoms with E-state index < -0.39 is 17.2 Å². The molecule has 7 nitrogen and oxygen atoms in total. The van der Waals surface area contributed by atoms with E-state index >= 15 is 0 Å². The molecule has 0 saturated heterocycles. The maximum absolute atomic E-state index is 11.3. The first kappa shape index (κ1) is 20.1. The van der Waals surface area contributed by atoms with Crippen LogP contribution in [0.3, 0.4) is 0 Å². The number of hydrogen-bond acceptors (Lipinski definition) is 4. The Morgan fingerprint density at radius 2 is 1.42 bits per heavy atom. The summed E-state index contributed by atoms with van der Waals surface area (Å²) in [5.41, 5.74) is 4.75. The number of aromatic carboxylic acids is 1. The molecule has 2 aromatic carbocycles. The molecule has 3 rings (SSSR count). The second-order valence-corrected chi connectivity index (χ2v) is 6.51. The minimum atomic E-state index is -1.12. The van der Waals surface area contributed by atoms with Gasteiger partial charge < -0.3 is 15.8 Å². The number of nitrogens with one attached hydrogen (secondary N) is 2. The number of aromatic nitrogens is 2. The van der Waals surface area contributed by atoms with E-state index in [2.05, 4.69) is 9.97 Å². The Morgan fingerprint density at radius 3 is 2.04 bits per heavy atom. The number of fused-ring (bicyclic) bond motifs is 1. The number of rotatable bonds is 1. The maximum Gasteiger partial charge on any atom is 0.337 e. The van der Waals surface area contributed by atoms with Gasteiger partial charge in [0.2, 0.25) is 0 Å². The first-order valence-corrected chi connectivity index (χ1v) is 8.20. The summed E-state index contributed by atoms with van der Waals surface area (Å²) in [5, 5.41) is 9.90. The van der Waals surface area contributed by atoms with Crippen molar-refractivity contribution in [3.05, 3.63) is 70.8 Å². The number of aromatic amines is 2. The van der Waals surface area contributed by atoms with Gasteiger partial charge in [0.1, 0.15) is 0 Å². The largest absolute Gasteiger partial charge is 0.478 e. The van der Waals surface area contributed by atoms with Crippen LogP contribution >= 0.6 is 46.4 Å². The van der Waals surface area contributed by atoms with Crippen molar-refractivity contribution in [2.75, 3.05) is 5.73 Å². The Kier molecular flexibility index (Phi) is 6.20. The molecule has 0 saturated carbocycles. The minimum absolute atomic E-state index is 0.0376. The average Bonchev–Trinajstić information content (AvgIpc) is 2.53. The molecule has 0 aliphatic carbocycles. The van der Waals surface area contributed by atoms with Crippen LogP contribution in [0.15, 0.2) is 33.9 Å². The Morgan fingerprint density at radius 1 is 0.885 bits per heavy atom. The number of carbonyl (C=O) groups is 1. The SMILES string of the molecule is Nc1cc(Cl)c(Cl)cc1C(=O)O.O=c1[nH]c(=O)c2cc(Cl)c(Cl)cc2[nH]1. The fourth-order valence-electron chi connectivity index (χ4n) is 1.91. The highest BCUT2D eigenvalue weighted by Gasteiger charge is 2.10. The molecule has 11 heteroatoms. The lowest BCUT2D eigenvalue weighted by Crippen LogP contribution is -2.21. The summed E-state index contributed by atoms with van der Waals surface area (Å²) in [6.07, 6.45) is 0. The van der Waals surface area contributed by atoms with Gasteiger partial charge in [-0.3, -0.25) is 9.78 Å². The van der Waals surface area contributed by atoms with Crippen molar-refractivity contribution in [3.63, 3.8) is 0 Å². The van der Waals surface area contributed by atoms with Gasteiger partial charge in [-0.15, -0.1) is 0 Å². The first-order chi connectivity index (χ1) is 12.1. The van der Waals surface area contributed by atoms with Gasteiger partial charge in [-0.2, -0.15) is 0 Å². The molecule has 0 aliphatic rings. The van der Waals surface area contributed by atoms with Gasteiger partial charge in [0, 0.05) is 5.69 Å². The summed E-state index contributed by atoms with van der Waals surface area (Å²) in [7, 11) is 0. The molecule has 3 aromatic rings. The molecule has 0 radical (unpaired) electrons. The summed E-state index contributed by atoms with van der Waals surface area (Å²) >= 11 is 22.6. The number of nitrogen functional groups attached to an aromatic ring is 1. The van der Waals surface area contributed by atoms with E-state index in [1.807, 2.05) is 0 Å². The summed E-state index contributed by atoms with van der Waals surface area (Å²) in [5.74, 6) is -1.12. The maximum atomic E-state index is 11.3. The van der Waals surface area contributed by atoms with Crippen molar-refractivity contribution >= 4 is 69.0 Å². The predicted molar refractivity (Wildman–Crippen MR) is 103 cm³/mol. The molecule has 5 N–H and O–H groups in total. The van der Waals surface area contributed by atoms with Crippen molar-refractivity contribution in [2.24, 2.45) is 0 Å². The molecule has 26 heavy (non-hydrogen) atoms. The van der Waals surface area contributed by atoms with Gasteiger partial charge in [0.15, 0.2) is 0 Å². The quantitative estimate of drug-likeness (QED) is 0.431. The number of nitrogens with two attached hydrogens (primary N) is 1. The number of anilines is 1. The predicted octanol–water partition coefficient (Wildman–Crippen LogP) is 3.80. The van der Waals surface area contributed by atoms with Crippen molar-refractivity contribution in [1.82, 2.24) is 9.97 Å². The molecular weight excluding hydrogens is 428 g/mol. The van der Waals surface area contributed by atoms with Crippen LogP contribution in [0.4, 0.5) is 5.69 Å². The Labute approximate surface area is 165 Å². The standard InChI is InChI=1S/C8H4Cl2N2O2.C7H5Cl2NO2/c9-4-1-3-6(2-5(4)10)11-8(14)12-7(3)13;8-4-1-3(7(11)12)6(10)2-5(4)9/h1-2H,(H2,11,12,13,14);1-2H,10H2,(H,11,12). The molecule has 1 aromatic heterocycles. The molecule has 136 valence electrons. The van der Waals surface area contributed by atoms with Gasteiger partial charge in [-0.1, -0.05) is 46.4 Å². The van der Waals surface area contributed by atoms with Crippen LogP contribution < -0.4 is 17.0 Å². The zero-order valence-corrected chi connectivity index (χ0v) is 15.6. The van der Waals surface area contributed by atoms with Crippen LogP contribution in [-0.4, -0.2) is 21.0 Å². The lowest BCUT2D eigenvalue weighted by molar-refractivity contribution is 0.0698. The van der Waals surface area contributed by atoms with Crippen molar-refractivity contribution in [3.8, 4) is 0 Å². The van der Waals surface area contributed by atoms with Gasteiger partial charge in [-0.25, -0.2) is 9.59 Å². The lowest BCUT2D eigenvalue weighted by atomic mass is 10.2. The van der Waals surface area contributed by atoms with Gasteiger partial charge in [-0.05, 0) is 24.3 Å². The number of carboxylic acids is 1. The third-order valence-corrected chi connectivity index (χ3v) is 4.55. The first-order valence-electron chi connectivity index (χ1n) is 6.69. The van der Waals surface area contributed by atoms with E-state index in [4.69, 9.17) is 57.2 Å². The second-order valence-electron chi connectivity index (χ2n) is 4.88. The number of halogens is 4. The summed E-state index contributed by atoms with van der Waals surface area (Å²) in [6, 6.07) is 5.39. The molecule has 0 fully saturated rings. The van der Waals surface area contributed by atoms with Crippen molar-refractivity contribution in [2.45, 2.75) is 0 Å². The second kappa shape index (κ2) is 8.01. The normalized spacial score (nSPS) is 10.3. The van der Waals surface area contributed by atoms with E-state index in [1.54, 1.807) is 0 Å². The van der Waals surface area contributed by atoms with Gasteiger partial charge in [0.25, 0.3) is 5.56 Å². The smallest absolute Gasteiger partial charge is 0.337 e. The molecule has 0 bridgehead atoms. The monoisotopic (exact) mass is 435 g/mol. The molecule has 0 spiro atoms. The van der Waals surface area contributed by atoms with Crippen LogP contribution in [0, 0.1) is 0 Å². The molecule has 0 aliphatic heterocycles. The Balaban J connectivity index is 0.000000190. The van der Waals surface area contributed by atoms with Gasteiger partial charge in [0.05, 0.1) is 36.6 Å². The van der Waals surface area contributed by atoms with Crippen LogP contribution in [0.25, 0.3) is 10.9 Å². The molecule has 0 unspecified atom stereocenters. The molecule has 0 atom stereocenters. The third-order valence-electron chi connectivity index (χ3n) is 3.10.